The SMILES string of the molecule is O=C(NCc1ccc(F)cc1)c1ccc(CI)cc1N(c1cccc2nccnc12)S(=O)[O-]. The molecule has 1 unspecified atom stereocenters. The lowest BCUT2D eigenvalue weighted by Gasteiger charge is -2.29. The zero-order valence-electron chi connectivity index (χ0n) is 17.1. The van der Waals surface area contributed by atoms with Crippen LogP contribution in [0.2, 0.25) is 0 Å². The first kappa shape index (κ1) is 23.2. The minimum atomic E-state index is -2.75. The number of hydrogen-bond acceptors (Lipinski definition) is 5. The first-order valence-electron chi connectivity index (χ1n) is 9.78. The lowest BCUT2D eigenvalue weighted by atomic mass is 10.1. The highest BCUT2D eigenvalue weighted by molar-refractivity contribution is 14.1. The molecular formula is C23H17FIN4O3S-. The van der Waals surface area contributed by atoms with Crippen LogP contribution in [0.5, 0.6) is 0 Å². The Morgan fingerprint density at radius 1 is 1.03 bits per heavy atom. The zero-order valence-corrected chi connectivity index (χ0v) is 20.0. The van der Waals surface area contributed by atoms with Crippen LogP contribution in [0.3, 0.4) is 0 Å². The van der Waals surface area contributed by atoms with Crippen molar-refractivity contribution in [2.45, 2.75) is 11.0 Å². The molecule has 0 saturated heterocycles. The Balaban J connectivity index is 1.76. The summed E-state index contributed by atoms with van der Waals surface area (Å²) >= 11 is -0.580. The third kappa shape index (κ3) is 5.18. The van der Waals surface area contributed by atoms with E-state index in [2.05, 4.69) is 37.9 Å². The molecule has 0 saturated carbocycles. The van der Waals surface area contributed by atoms with Crippen molar-refractivity contribution < 1.29 is 17.9 Å². The van der Waals surface area contributed by atoms with Crippen LogP contribution in [-0.2, 0) is 22.2 Å². The molecular weight excluding hydrogens is 558 g/mol. The van der Waals surface area contributed by atoms with Crippen molar-refractivity contribution in [2.75, 3.05) is 4.31 Å². The van der Waals surface area contributed by atoms with Gasteiger partial charge in [-0.25, -0.2) is 4.39 Å². The number of rotatable bonds is 7. The van der Waals surface area contributed by atoms with Crippen LogP contribution in [0, 0.1) is 5.82 Å². The van der Waals surface area contributed by atoms with Gasteiger partial charge in [0, 0.05) is 23.4 Å². The van der Waals surface area contributed by atoms with Gasteiger partial charge in [-0.2, -0.15) is 0 Å². The van der Waals surface area contributed by atoms with Crippen LogP contribution in [0.15, 0.2) is 73.1 Å². The zero-order chi connectivity index (χ0) is 23.4. The van der Waals surface area contributed by atoms with Gasteiger partial charge in [-0.1, -0.05) is 46.9 Å². The maximum absolute atomic E-state index is 13.2. The third-order valence-electron chi connectivity index (χ3n) is 4.89. The van der Waals surface area contributed by atoms with Gasteiger partial charge in [0.1, 0.15) is 11.3 Å². The fraction of sp³-hybridized carbons (Fsp3) is 0.0870. The van der Waals surface area contributed by atoms with E-state index in [1.165, 1.54) is 24.5 Å². The Labute approximate surface area is 205 Å². The molecule has 0 aliphatic carbocycles. The molecule has 4 aromatic rings. The number of fused-ring (bicyclic) bond motifs is 1. The van der Waals surface area contributed by atoms with Gasteiger partial charge in [-0.3, -0.25) is 23.3 Å². The van der Waals surface area contributed by atoms with E-state index in [1.54, 1.807) is 48.5 Å². The average Bonchev–Trinajstić information content (AvgIpc) is 2.83. The molecule has 1 N–H and O–H groups in total. The normalized spacial score (nSPS) is 11.8. The molecule has 0 aliphatic rings. The summed E-state index contributed by atoms with van der Waals surface area (Å²) in [6, 6.07) is 15.8. The number of nitrogens with zero attached hydrogens (tertiary/aromatic N) is 3. The molecule has 1 aromatic heterocycles. The topological polar surface area (TPSA) is 98.2 Å². The number of amides is 1. The Kier molecular flexibility index (Phi) is 7.26. The lowest BCUT2D eigenvalue weighted by Crippen LogP contribution is -2.28. The van der Waals surface area contributed by atoms with Gasteiger partial charge in [-0.05, 0) is 47.5 Å². The van der Waals surface area contributed by atoms with E-state index in [-0.39, 0.29) is 29.3 Å². The predicted octanol–water partition coefficient (Wildman–Crippen LogP) is 4.57. The summed E-state index contributed by atoms with van der Waals surface area (Å²) in [7, 11) is 0. The summed E-state index contributed by atoms with van der Waals surface area (Å²) in [5.74, 6) is -0.829. The summed E-state index contributed by atoms with van der Waals surface area (Å²) in [4.78, 5) is 21.6. The maximum Gasteiger partial charge on any atom is 0.253 e. The number of aromatic nitrogens is 2. The molecule has 7 nitrogen and oxygen atoms in total. The Bertz CT molecular complexity index is 1330. The number of carbonyl (C=O) groups is 1. The second-order valence-corrected chi connectivity index (χ2v) is 8.57. The van der Waals surface area contributed by atoms with Crippen LogP contribution in [0.4, 0.5) is 15.8 Å². The van der Waals surface area contributed by atoms with E-state index >= 15 is 0 Å². The average molecular weight is 575 g/mol. The van der Waals surface area contributed by atoms with Gasteiger partial charge in [-0.15, -0.1) is 0 Å². The highest BCUT2D eigenvalue weighted by Crippen LogP contribution is 2.35. The molecule has 0 aliphatic heterocycles. The van der Waals surface area contributed by atoms with Crippen molar-refractivity contribution in [1.29, 1.82) is 0 Å². The van der Waals surface area contributed by atoms with E-state index in [9.17, 15) is 17.9 Å². The number of alkyl halides is 1. The van der Waals surface area contributed by atoms with Gasteiger partial charge in [0.25, 0.3) is 5.91 Å². The third-order valence-corrected chi connectivity index (χ3v) is 6.46. The van der Waals surface area contributed by atoms with Crippen LogP contribution in [-0.4, -0.2) is 24.6 Å². The summed E-state index contributed by atoms with van der Waals surface area (Å²) < 4.78 is 39.7. The molecule has 10 heteroatoms. The molecule has 0 bridgehead atoms. The smallest absolute Gasteiger partial charge is 0.253 e. The molecule has 0 fully saturated rings. The highest BCUT2D eigenvalue weighted by atomic mass is 127. The number of halogens is 2. The molecule has 0 spiro atoms. The maximum atomic E-state index is 13.2. The fourth-order valence-electron chi connectivity index (χ4n) is 3.33. The van der Waals surface area contributed by atoms with Gasteiger partial charge in [0.05, 0.1) is 33.7 Å². The molecule has 1 atom stereocenters. The van der Waals surface area contributed by atoms with Crippen molar-refractivity contribution in [3.63, 3.8) is 0 Å². The molecule has 3 aromatic carbocycles. The number of nitrogens with one attached hydrogen (secondary N) is 1. The van der Waals surface area contributed by atoms with Gasteiger partial charge in [0.15, 0.2) is 0 Å². The Hall–Kier alpha value is -2.96. The Morgan fingerprint density at radius 2 is 1.76 bits per heavy atom. The summed E-state index contributed by atoms with van der Waals surface area (Å²) in [5, 5.41) is 2.78. The highest BCUT2D eigenvalue weighted by Gasteiger charge is 2.22. The number of anilines is 2. The minimum absolute atomic E-state index is 0.160. The summed E-state index contributed by atoms with van der Waals surface area (Å²) in [5.41, 5.74) is 3.14. The Morgan fingerprint density at radius 3 is 2.48 bits per heavy atom. The minimum Gasteiger partial charge on any atom is -0.755 e. The largest absolute Gasteiger partial charge is 0.755 e. The van der Waals surface area contributed by atoms with Gasteiger partial charge in [0.2, 0.25) is 0 Å². The van der Waals surface area contributed by atoms with Gasteiger partial charge < -0.3 is 9.87 Å². The molecule has 4 rings (SSSR count). The first-order valence-corrected chi connectivity index (χ1v) is 12.3. The standard InChI is InChI=1S/C23H18FIN4O3S/c24-17-7-4-15(5-8-17)14-28-23(30)18-9-6-16(13-25)12-21(18)29(33(31)32)20-3-1-2-19-22(20)27-11-10-26-19/h1-12H,13-14H2,(H,28,30)(H,31,32)/p-1. The van der Waals surface area contributed by atoms with Crippen molar-refractivity contribution >= 4 is 62.2 Å². The molecule has 0 radical (unpaired) electrons. The first-order chi connectivity index (χ1) is 16.0. The van der Waals surface area contributed by atoms with Crippen molar-refractivity contribution in [2.24, 2.45) is 0 Å². The second kappa shape index (κ2) is 10.3. The van der Waals surface area contributed by atoms with Crippen LogP contribution in [0.25, 0.3) is 11.0 Å². The number of hydrogen-bond donors (Lipinski definition) is 1. The van der Waals surface area contributed by atoms with Crippen molar-refractivity contribution in [3.8, 4) is 0 Å². The van der Waals surface area contributed by atoms with Crippen LogP contribution in [0.1, 0.15) is 21.5 Å². The summed E-state index contributed by atoms with van der Waals surface area (Å²) in [6.45, 7) is 0.160. The van der Waals surface area contributed by atoms with E-state index in [0.29, 0.717) is 21.0 Å². The number of para-hydroxylation sites is 1. The molecule has 1 amide bonds. The van der Waals surface area contributed by atoms with E-state index in [1.807, 2.05) is 0 Å². The van der Waals surface area contributed by atoms with E-state index in [4.69, 9.17) is 0 Å². The van der Waals surface area contributed by atoms with Crippen LogP contribution >= 0.6 is 22.6 Å². The monoisotopic (exact) mass is 575 g/mol. The van der Waals surface area contributed by atoms with Crippen molar-refractivity contribution in [1.82, 2.24) is 15.3 Å². The number of carbonyl (C=O) groups excluding carboxylic acids is 1. The predicted molar refractivity (Wildman–Crippen MR) is 132 cm³/mol. The quantitative estimate of drug-likeness (QED) is 0.198. The fourth-order valence-corrected chi connectivity index (χ4v) is 4.43. The van der Waals surface area contributed by atoms with Crippen LogP contribution < -0.4 is 9.62 Å². The number of benzene rings is 3. The van der Waals surface area contributed by atoms with Crippen molar-refractivity contribution in [3.05, 3.63) is 95.6 Å². The molecule has 1 heterocycles. The van der Waals surface area contributed by atoms with E-state index in [0.717, 1.165) is 9.87 Å². The molecule has 33 heavy (non-hydrogen) atoms. The molecule has 168 valence electrons. The summed E-state index contributed by atoms with van der Waals surface area (Å²) in [6.07, 6.45) is 3.00. The second-order valence-electron chi connectivity index (χ2n) is 7.01. The lowest BCUT2D eigenvalue weighted by molar-refractivity contribution is 0.0951. The van der Waals surface area contributed by atoms with E-state index < -0.39 is 17.2 Å². The van der Waals surface area contributed by atoms with Gasteiger partial charge >= 0.3 is 0 Å².